The lowest BCUT2D eigenvalue weighted by Crippen LogP contribution is -2.40. The van der Waals surface area contributed by atoms with Gasteiger partial charge in [-0.2, -0.15) is 0 Å². The van der Waals surface area contributed by atoms with Crippen molar-refractivity contribution >= 4 is 29.1 Å². The summed E-state index contributed by atoms with van der Waals surface area (Å²) in [6, 6.07) is 14.3. The maximum absolute atomic E-state index is 12.1. The van der Waals surface area contributed by atoms with E-state index in [9.17, 15) is 14.4 Å². The predicted octanol–water partition coefficient (Wildman–Crippen LogP) is 4.05. The molecule has 2 aromatic carbocycles. The normalized spacial score (nSPS) is 14.7. The van der Waals surface area contributed by atoms with Crippen LogP contribution in [0.25, 0.3) is 0 Å². The minimum absolute atomic E-state index is 0.0610. The van der Waals surface area contributed by atoms with E-state index in [2.05, 4.69) is 26.1 Å². The highest BCUT2D eigenvalue weighted by Crippen LogP contribution is 2.25. The fourth-order valence-electron chi connectivity index (χ4n) is 3.13. The molecule has 0 spiro atoms. The Balaban J connectivity index is 1.54. The van der Waals surface area contributed by atoms with Crippen molar-refractivity contribution in [1.82, 2.24) is 0 Å². The molecule has 1 heterocycles. The summed E-state index contributed by atoms with van der Waals surface area (Å²) in [5, 5.41) is 2.75. The maximum Gasteiger partial charge on any atom is 0.262 e. The molecule has 0 aromatic heterocycles. The van der Waals surface area contributed by atoms with E-state index in [-0.39, 0.29) is 29.7 Å². The molecule has 6 nitrogen and oxygen atoms in total. The summed E-state index contributed by atoms with van der Waals surface area (Å²) in [5.74, 6) is -0.0405. The van der Waals surface area contributed by atoms with Crippen LogP contribution in [0.5, 0.6) is 5.75 Å². The van der Waals surface area contributed by atoms with E-state index in [1.54, 1.807) is 24.3 Å². The van der Waals surface area contributed by atoms with Crippen molar-refractivity contribution in [3.8, 4) is 5.75 Å². The van der Waals surface area contributed by atoms with Crippen molar-refractivity contribution in [3.05, 3.63) is 54.1 Å². The first-order valence-electron chi connectivity index (χ1n) is 9.73. The van der Waals surface area contributed by atoms with Gasteiger partial charge in [0.15, 0.2) is 6.61 Å². The number of rotatable bonds is 5. The highest BCUT2D eigenvalue weighted by molar-refractivity contribution is 6.16. The molecule has 6 heteroatoms. The number of hydrogen-bond donors (Lipinski definition) is 1. The van der Waals surface area contributed by atoms with Crippen molar-refractivity contribution in [3.63, 3.8) is 0 Å². The zero-order chi connectivity index (χ0) is 21.0. The molecular formula is C23H26N2O4. The number of carbonyl (C=O) groups is 3. The van der Waals surface area contributed by atoms with E-state index < -0.39 is 0 Å². The lowest BCUT2D eigenvalue weighted by molar-refractivity contribution is -0.129. The fraction of sp³-hybridized carbons (Fsp3) is 0.348. The first kappa shape index (κ1) is 20.6. The van der Waals surface area contributed by atoms with Crippen LogP contribution in [0.15, 0.2) is 48.5 Å². The summed E-state index contributed by atoms with van der Waals surface area (Å²) < 4.78 is 5.55. The van der Waals surface area contributed by atoms with Crippen LogP contribution in [-0.2, 0) is 19.8 Å². The number of nitrogens with zero attached hydrogens (tertiary/aromatic N) is 1. The zero-order valence-electron chi connectivity index (χ0n) is 17.0. The van der Waals surface area contributed by atoms with Gasteiger partial charge in [0.05, 0.1) is 5.69 Å². The number of carbonyl (C=O) groups excluding carboxylic acids is 3. The average Bonchev–Trinajstić information content (AvgIpc) is 2.67. The highest BCUT2D eigenvalue weighted by atomic mass is 16.5. The van der Waals surface area contributed by atoms with Crippen LogP contribution in [0.4, 0.5) is 11.4 Å². The summed E-state index contributed by atoms with van der Waals surface area (Å²) in [6.07, 6.45) is 1.35. The van der Waals surface area contributed by atoms with E-state index in [0.29, 0.717) is 36.4 Å². The van der Waals surface area contributed by atoms with Crippen molar-refractivity contribution in [2.24, 2.45) is 0 Å². The molecule has 1 aliphatic rings. The number of amides is 3. The number of ether oxygens (including phenoxy) is 1. The Morgan fingerprint density at radius 1 is 0.966 bits per heavy atom. The van der Waals surface area contributed by atoms with Gasteiger partial charge in [-0.15, -0.1) is 0 Å². The summed E-state index contributed by atoms with van der Waals surface area (Å²) in [4.78, 5) is 37.3. The molecule has 1 N–H and O–H groups in total. The number of hydrogen-bond acceptors (Lipinski definition) is 4. The van der Waals surface area contributed by atoms with Gasteiger partial charge in [-0.25, -0.2) is 0 Å². The molecule has 0 bridgehead atoms. The van der Waals surface area contributed by atoms with Gasteiger partial charge < -0.3 is 10.1 Å². The Hall–Kier alpha value is -3.15. The summed E-state index contributed by atoms with van der Waals surface area (Å²) in [5.41, 5.74) is 2.35. The number of anilines is 2. The van der Waals surface area contributed by atoms with Crippen molar-refractivity contribution in [1.29, 1.82) is 0 Å². The predicted molar refractivity (Wildman–Crippen MR) is 112 cm³/mol. The second-order valence-electron chi connectivity index (χ2n) is 8.13. The molecule has 152 valence electrons. The maximum atomic E-state index is 12.1. The van der Waals surface area contributed by atoms with Gasteiger partial charge in [-0.05, 0) is 53.8 Å². The number of piperidine rings is 1. The van der Waals surface area contributed by atoms with E-state index in [1.165, 1.54) is 10.5 Å². The number of nitrogens with one attached hydrogen (secondary N) is 1. The molecule has 0 saturated carbocycles. The molecule has 0 aliphatic carbocycles. The second-order valence-corrected chi connectivity index (χ2v) is 8.13. The minimum Gasteiger partial charge on any atom is -0.484 e. The third-order valence-corrected chi connectivity index (χ3v) is 4.78. The van der Waals surface area contributed by atoms with Gasteiger partial charge in [0, 0.05) is 18.5 Å². The molecule has 3 rings (SSSR count). The largest absolute Gasteiger partial charge is 0.484 e. The third-order valence-electron chi connectivity index (χ3n) is 4.78. The van der Waals surface area contributed by atoms with Crippen LogP contribution in [-0.4, -0.2) is 24.3 Å². The highest BCUT2D eigenvalue weighted by Gasteiger charge is 2.27. The lowest BCUT2D eigenvalue weighted by Gasteiger charge is -2.24. The van der Waals surface area contributed by atoms with Gasteiger partial charge in [0.1, 0.15) is 5.75 Å². The van der Waals surface area contributed by atoms with Crippen LogP contribution < -0.4 is 15.0 Å². The van der Waals surface area contributed by atoms with Crippen LogP contribution in [0, 0.1) is 0 Å². The minimum atomic E-state index is -0.289. The Labute approximate surface area is 170 Å². The molecule has 1 aliphatic heterocycles. The standard InChI is InChI=1S/C23H26N2O4/c1-23(2,3)16-7-13-19(14-8-16)29-15-20(26)24-17-9-11-18(12-10-17)25-21(27)5-4-6-22(25)28/h7-14H,4-6,15H2,1-3H3,(H,24,26). The number of imide groups is 1. The van der Waals surface area contributed by atoms with Crippen LogP contribution in [0.1, 0.15) is 45.6 Å². The first-order chi connectivity index (χ1) is 13.7. The van der Waals surface area contributed by atoms with Crippen molar-refractivity contribution < 1.29 is 19.1 Å². The fourth-order valence-corrected chi connectivity index (χ4v) is 3.13. The molecule has 0 radical (unpaired) electrons. The summed E-state index contributed by atoms with van der Waals surface area (Å²) >= 11 is 0. The van der Waals surface area contributed by atoms with E-state index in [4.69, 9.17) is 4.74 Å². The van der Waals surface area contributed by atoms with Crippen molar-refractivity contribution in [2.45, 2.75) is 45.4 Å². The van der Waals surface area contributed by atoms with Gasteiger partial charge in [0.2, 0.25) is 11.8 Å². The molecule has 2 aromatic rings. The average molecular weight is 394 g/mol. The van der Waals surface area contributed by atoms with Crippen LogP contribution in [0.2, 0.25) is 0 Å². The Morgan fingerprint density at radius 3 is 2.10 bits per heavy atom. The molecular weight excluding hydrogens is 368 g/mol. The molecule has 3 amide bonds. The summed E-state index contributed by atoms with van der Waals surface area (Å²) in [7, 11) is 0. The number of benzene rings is 2. The second kappa shape index (κ2) is 8.47. The van der Waals surface area contributed by atoms with Gasteiger partial charge in [-0.3, -0.25) is 19.3 Å². The smallest absolute Gasteiger partial charge is 0.262 e. The Bertz CT molecular complexity index is 880. The molecule has 1 fully saturated rings. The van der Waals surface area contributed by atoms with E-state index in [0.717, 1.165) is 0 Å². The zero-order valence-corrected chi connectivity index (χ0v) is 17.0. The Morgan fingerprint density at radius 2 is 1.55 bits per heavy atom. The topological polar surface area (TPSA) is 75.7 Å². The van der Waals surface area contributed by atoms with E-state index >= 15 is 0 Å². The lowest BCUT2D eigenvalue weighted by atomic mass is 9.87. The van der Waals surface area contributed by atoms with Gasteiger partial charge in [-0.1, -0.05) is 32.9 Å². The Kier molecular flexibility index (Phi) is 6.01. The quantitative estimate of drug-likeness (QED) is 0.777. The van der Waals surface area contributed by atoms with Gasteiger partial charge >= 0.3 is 0 Å². The SMILES string of the molecule is CC(C)(C)c1ccc(OCC(=O)Nc2ccc(N3C(=O)CCCC3=O)cc2)cc1. The molecule has 29 heavy (non-hydrogen) atoms. The monoisotopic (exact) mass is 394 g/mol. The summed E-state index contributed by atoms with van der Waals surface area (Å²) in [6.45, 7) is 6.30. The third kappa shape index (κ3) is 5.22. The van der Waals surface area contributed by atoms with E-state index in [1.807, 2.05) is 24.3 Å². The van der Waals surface area contributed by atoms with Crippen LogP contribution in [0.3, 0.4) is 0 Å². The first-order valence-corrected chi connectivity index (χ1v) is 9.73. The van der Waals surface area contributed by atoms with Gasteiger partial charge in [0.25, 0.3) is 5.91 Å². The van der Waals surface area contributed by atoms with Crippen molar-refractivity contribution in [2.75, 3.05) is 16.8 Å². The molecule has 0 unspecified atom stereocenters. The molecule has 1 saturated heterocycles. The van der Waals surface area contributed by atoms with Crippen LogP contribution >= 0.6 is 0 Å². The molecule has 0 atom stereocenters.